The largest absolute Gasteiger partial charge is 0.296 e. The lowest BCUT2D eigenvalue weighted by molar-refractivity contribution is 0.564. The van der Waals surface area contributed by atoms with Gasteiger partial charge in [-0.15, -0.1) is 10.2 Å². The van der Waals surface area contributed by atoms with Crippen LogP contribution in [0.25, 0.3) is 4.96 Å². The van der Waals surface area contributed by atoms with Crippen LogP contribution in [0.4, 0.5) is 0 Å². The SMILES string of the molecule is Cc1ccc(S(=O)(=O)NC(C)c2nn3c(=O)c(C)nnc3s2)cc1. The van der Waals surface area contributed by atoms with Crippen LogP contribution in [0.1, 0.15) is 29.2 Å². The molecule has 1 N–H and O–H groups in total. The van der Waals surface area contributed by atoms with E-state index in [-0.39, 0.29) is 16.1 Å². The van der Waals surface area contributed by atoms with Crippen molar-refractivity contribution in [1.29, 1.82) is 0 Å². The van der Waals surface area contributed by atoms with Crippen molar-refractivity contribution in [1.82, 2.24) is 24.5 Å². The molecule has 3 aromatic rings. The molecular formula is C14H15N5O3S2. The van der Waals surface area contributed by atoms with Crippen LogP contribution in [0.3, 0.4) is 0 Å². The first-order valence-electron chi connectivity index (χ1n) is 7.10. The number of hydrogen-bond acceptors (Lipinski definition) is 7. The second-order valence-electron chi connectivity index (χ2n) is 5.38. The molecule has 0 aliphatic carbocycles. The average molecular weight is 365 g/mol. The standard InChI is InChI=1S/C14H15N5O3S2/c1-8-4-6-11(7-5-8)24(21,22)18-9(2)12-17-19-13(20)10(3)15-16-14(19)23-12/h4-7,9,18H,1-3H3. The maximum atomic E-state index is 12.4. The van der Waals surface area contributed by atoms with Gasteiger partial charge in [-0.25, -0.2) is 13.1 Å². The summed E-state index contributed by atoms with van der Waals surface area (Å²) in [6.45, 7) is 5.09. The van der Waals surface area contributed by atoms with Crippen molar-refractivity contribution in [3.8, 4) is 0 Å². The van der Waals surface area contributed by atoms with Crippen molar-refractivity contribution in [3.63, 3.8) is 0 Å². The van der Waals surface area contributed by atoms with Crippen LogP contribution < -0.4 is 10.3 Å². The van der Waals surface area contributed by atoms with E-state index >= 15 is 0 Å². The minimum Gasteiger partial charge on any atom is -0.265 e. The van der Waals surface area contributed by atoms with Crippen molar-refractivity contribution in [3.05, 3.63) is 50.9 Å². The number of aryl methyl sites for hydroxylation is 2. The first-order chi connectivity index (χ1) is 11.3. The third-order valence-corrected chi connectivity index (χ3v) is 6.03. The number of rotatable bonds is 4. The van der Waals surface area contributed by atoms with Crippen molar-refractivity contribution < 1.29 is 8.42 Å². The molecule has 24 heavy (non-hydrogen) atoms. The summed E-state index contributed by atoms with van der Waals surface area (Å²) < 4.78 is 28.6. The zero-order valence-corrected chi connectivity index (χ0v) is 14.8. The zero-order chi connectivity index (χ0) is 17.5. The van der Waals surface area contributed by atoms with E-state index in [1.165, 1.54) is 0 Å². The van der Waals surface area contributed by atoms with Gasteiger partial charge in [0.15, 0.2) is 0 Å². The fourth-order valence-corrected chi connectivity index (χ4v) is 4.17. The molecule has 2 aromatic heterocycles. The Morgan fingerprint density at radius 1 is 1.17 bits per heavy atom. The Hall–Kier alpha value is -2.17. The van der Waals surface area contributed by atoms with Gasteiger partial charge >= 0.3 is 0 Å². The molecule has 0 spiro atoms. The van der Waals surface area contributed by atoms with E-state index in [0.717, 1.165) is 21.4 Å². The normalized spacial score (nSPS) is 13.3. The van der Waals surface area contributed by atoms with E-state index < -0.39 is 16.1 Å². The molecule has 0 radical (unpaired) electrons. The van der Waals surface area contributed by atoms with Crippen LogP contribution in [0.5, 0.6) is 0 Å². The molecule has 1 aromatic carbocycles. The highest BCUT2D eigenvalue weighted by Crippen LogP contribution is 2.21. The van der Waals surface area contributed by atoms with Gasteiger partial charge < -0.3 is 0 Å². The summed E-state index contributed by atoms with van der Waals surface area (Å²) >= 11 is 1.12. The van der Waals surface area contributed by atoms with E-state index in [1.807, 2.05) is 6.92 Å². The summed E-state index contributed by atoms with van der Waals surface area (Å²) in [5, 5.41) is 12.3. The Labute approximate surface area is 142 Å². The van der Waals surface area contributed by atoms with Crippen molar-refractivity contribution in [2.75, 3.05) is 0 Å². The summed E-state index contributed by atoms with van der Waals surface area (Å²) in [5.74, 6) is 0. The average Bonchev–Trinajstić information content (AvgIpc) is 2.96. The third-order valence-electron chi connectivity index (χ3n) is 3.40. The lowest BCUT2D eigenvalue weighted by atomic mass is 10.2. The van der Waals surface area contributed by atoms with Crippen molar-refractivity contribution in [2.24, 2.45) is 0 Å². The van der Waals surface area contributed by atoms with Crippen LogP contribution in [0.15, 0.2) is 34.0 Å². The molecule has 10 heteroatoms. The molecule has 0 saturated carbocycles. The number of sulfonamides is 1. The molecule has 126 valence electrons. The molecule has 0 aliphatic heterocycles. The van der Waals surface area contributed by atoms with Gasteiger partial charge in [-0.05, 0) is 32.9 Å². The van der Waals surface area contributed by atoms with Gasteiger partial charge in [0.1, 0.15) is 10.7 Å². The summed E-state index contributed by atoms with van der Waals surface area (Å²) in [7, 11) is -3.69. The van der Waals surface area contributed by atoms with Crippen molar-refractivity contribution in [2.45, 2.75) is 31.7 Å². The smallest absolute Gasteiger partial charge is 0.265 e. The zero-order valence-electron chi connectivity index (χ0n) is 13.2. The van der Waals surface area contributed by atoms with Gasteiger partial charge in [0.25, 0.3) is 5.56 Å². The highest BCUT2D eigenvalue weighted by atomic mass is 32.2. The van der Waals surface area contributed by atoms with Gasteiger partial charge in [-0.1, -0.05) is 29.0 Å². The quantitative estimate of drug-likeness (QED) is 0.745. The number of nitrogens with zero attached hydrogens (tertiary/aromatic N) is 4. The lowest BCUT2D eigenvalue weighted by Gasteiger charge is -2.11. The fourth-order valence-electron chi connectivity index (χ4n) is 2.05. The van der Waals surface area contributed by atoms with Gasteiger partial charge in [-0.2, -0.15) is 9.61 Å². The van der Waals surface area contributed by atoms with Crippen LogP contribution in [-0.2, 0) is 10.0 Å². The third kappa shape index (κ3) is 3.07. The van der Waals surface area contributed by atoms with E-state index in [0.29, 0.717) is 9.97 Å². The number of benzene rings is 1. The Bertz CT molecular complexity index is 1050. The Morgan fingerprint density at radius 3 is 2.50 bits per heavy atom. The van der Waals surface area contributed by atoms with E-state index in [2.05, 4.69) is 20.0 Å². The summed E-state index contributed by atoms with van der Waals surface area (Å²) in [5.41, 5.74) is 0.842. The summed E-state index contributed by atoms with van der Waals surface area (Å²) in [4.78, 5) is 12.5. The molecule has 0 bridgehead atoms. The van der Waals surface area contributed by atoms with Crippen molar-refractivity contribution >= 4 is 26.3 Å². The van der Waals surface area contributed by atoms with Gasteiger partial charge in [-0.3, -0.25) is 4.79 Å². The molecule has 1 atom stereocenters. The fraction of sp³-hybridized carbons (Fsp3) is 0.286. The summed E-state index contributed by atoms with van der Waals surface area (Å²) in [6.07, 6.45) is 0. The molecule has 8 nitrogen and oxygen atoms in total. The van der Waals surface area contributed by atoms with Crippen LogP contribution in [-0.4, -0.2) is 28.2 Å². The monoisotopic (exact) mass is 365 g/mol. The molecule has 0 amide bonds. The van der Waals surface area contributed by atoms with Crippen LogP contribution >= 0.6 is 11.3 Å². The van der Waals surface area contributed by atoms with Gasteiger partial charge in [0.05, 0.1) is 10.9 Å². The Morgan fingerprint density at radius 2 is 1.83 bits per heavy atom. The lowest BCUT2D eigenvalue weighted by Crippen LogP contribution is -2.27. The predicted octanol–water partition coefficient (Wildman–Crippen LogP) is 1.20. The topological polar surface area (TPSA) is 106 Å². The van der Waals surface area contributed by atoms with E-state index in [1.54, 1.807) is 38.1 Å². The number of fused-ring (bicyclic) bond motifs is 1. The molecule has 1 unspecified atom stereocenters. The molecule has 0 fully saturated rings. The second kappa shape index (κ2) is 6.04. The van der Waals surface area contributed by atoms with Gasteiger partial charge in [0, 0.05) is 0 Å². The van der Waals surface area contributed by atoms with E-state index in [4.69, 9.17) is 0 Å². The highest BCUT2D eigenvalue weighted by Gasteiger charge is 2.21. The number of nitrogens with one attached hydrogen (secondary N) is 1. The molecule has 3 rings (SSSR count). The number of hydrogen-bond donors (Lipinski definition) is 1. The summed E-state index contributed by atoms with van der Waals surface area (Å²) in [6, 6.07) is 5.94. The van der Waals surface area contributed by atoms with Crippen LogP contribution in [0, 0.1) is 13.8 Å². The Kier molecular flexibility index (Phi) is 4.20. The van der Waals surface area contributed by atoms with Crippen LogP contribution in [0.2, 0.25) is 0 Å². The Balaban J connectivity index is 1.92. The molecule has 2 heterocycles. The first kappa shape index (κ1) is 16.7. The molecule has 0 saturated heterocycles. The second-order valence-corrected chi connectivity index (χ2v) is 8.08. The highest BCUT2D eigenvalue weighted by molar-refractivity contribution is 7.89. The van der Waals surface area contributed by atoms with E-state index in [9.17, 15) is 13.2 Å². The first-order valence-corrected chi connectivity index (χ1v) is 9.40. The minimum atomic E-state index is -3.69. The molecule has 0 aliphatic rings. The molecular weight excluding hydrogens is 350 g/mol. The maximum absolute atomic E-state index is 12.4. The number of aromatic nitrogens is 4. The predicted molar refractivity (Wildman–Crippen MR) is 89.6 cm³/mol. The van der Waals surface area contributed by atoms with Gasteiger partial charge in [0.2, 0.25) is 15.0 Å². The maximum Gasteiger partial charge on any atom is 0.296 e. The minimum absolute atomic E-state index is 0.175.